The molecule has 0 radical (unpaired) electrons. The Morgan fingerprint density at radius 3 is 2.75 bits per heavy atom. The van der Waals surface area contributed by atoms with Gasteiger partial charge in [-0.1, -0.05) is 24.6 Å². The molecule has 108 valence electrons. The molecule has 0 aliphatic rings. The van der Waals surface area contributed by atoms with Gasteiger partial charge in [-0.25, -0.2) is 4.39 Å². The molecule has 0 spiro atoms. The lowest BCUT2D eigenvalue weighted by Crippen LogP contribution is -2.13. The minimum atomic E-state index is -0.390. The van der Waals surface area contributed by atoms with Crippen LogP contribution in [0, 0.1) is 19.7 Å². The number of halogens is 2. The Hall–Kier alpha value is -1.39. The molecule has 0 saturated heterocycles. The number of aromatic nitrogens is 2. The van der Waals surface area contributed by atoms with E-state index >= 15 is 0 Å². The van der Waals surface area contributed by atoms with Crippen molar-refractivity contribution in [3.05, 3.63) is 51.6 Å². The molecule has 3 nitrogen and oxygen atoms in total. The molecule has 0 aliphatic carbocycles. The second kappa shape index (κ2) is 6.37. The van der Waals surface area contributed by atoms with E-state index in [0.29, 0.717) is 6.54 Å². The molecule has 1 aromatic carbocycles. The van der Waals surface area contributed by atoms with Crippen LogP contribution in [0.5, 0.6) is 0 Å². The van der Waals surface area contributed by atoms with Crippen molar-refractivity contribution in [2.24, 2.45) is 0 Å². The summed E-state index contributed by atoms with van der Waals surface area (Å²) in [5.41, 5.74) is 4.19. The fourth-order valence-corrected chi connectivity index (χ4v) is 2.32. The Labute approximate surface area is 123 Å². The molecular formula is C15H19ClFN3. The van der Waals surface area contributed by atoms with Crippen LogP contribution in [-0.2, 0) is 13.1 Å². The van der Waals surface area contributed by atoms with E-state index in [1.165, 1.54) is 11.6 Å². The zero-order valence-corrected chi connectivity index (χ0v) is 12.8. The number of aryl methyl sites for hydroxylation is 1. The summed E-state index contributed by atoms with van der Waals surface area (Å²) in [7, 11) is 0. The van der Waals surface area contributed by atoms with Gasteiger partial charge in [-0.15, -0.1) is 0 Å². The highest BCUT2D eigenvalue weighted by molar-refractivity contribution is 6.30. The Kier molecular flexibility index (Phi) is 4.78. The lowest BCUT2D eigenvalue weighted by atomic mass is 10.2. The molecular weight excluding hydrogens is 277 g/mol. The summed E-state index contributed by atoms with van der Waals surface area (Å²) in [4.78, 5) is 0. The molecule has 0 fully saturated rings. The predicted molar refractivity (Wildman–Crippen MR) is 79.6 cm³/mol. The van der Waals surface area contributed by atoms with Crippen molar-refractivity contribution < 1.29 is 4.39 Å². The monoisotopic (exact) mass is 295 g/mol. The molecule has 0 amide bonds. The first-order chi connectivity index (χ1) is 9.52. The van der Waals surface area contributed by atoms with Gasteiger partial charge in [-0.3, -0.25) is 4.68 Å². The van der Waals surface area contributed by atoms with E-state index in [-0.39, 0.29) is 5.02 Å². The third-order valence-electron chi connectivity index (χ3n) is 3.40. The maximum atomic E-state index is 13.5. The second-order valence-electron chi connectivity index (χ2n) is 4.84. The van der Waals surface area contributed by atoms with E-state index in [1.54, 1.807) is 6.07 Å². The zero-order valence-electron chi connectivity index (χ0n) is 12.0. The number of hydrogen-bond acceptors (Lipinski definition) is 2. The first-order valence-corrected chi connectivity index (χ1v) is 7.08. The molecule has 0 saturated carbocycles. The second-order valence-corrected chi connectivity index (χ2v) is 5.24. The summed E-state index contributed by atoms with van der Waals surface area (Å²) >= 11 is 5.70. The summed E-state index contributed by atoms with van der Waals surface area (Å²) in [6.45, 7) is 8.39. The van der Waals surface area contributed by atoms with Gasteiger partial charge < -0.3 is 5.32 Å². The number of rotatable bonds is 5. The molecule has 5 heteroatoms. The molecule has 1 aromatic heterocycles. The summed E-state index contributed by atoms with van der Waals surface area (Å²) in [5, 5.41) is 7.99. The minimum absolute atomic E-state index is 0.148. The van der Waals surface area contributed by atoms with Gasteiger partial charge in [0, 0.05) is 17.8 Å². The Balaban J connectivity index is 2.23. The lowest BCUT2D eigenvalue weighted by molar-refractivity contribution is 0.615. The van der Waals surface area contributed by atoms with Crippen LogP contribution in [0.25, 0.3) is 0 Å². The highest BCUT2D eigenvalue weighted by atomic mass is 35.5. The van der Waals surface area contributed by atoms with Crippen molar-refractivity contribution in [2.45, 2.75) is 33.9 Å². The molecule has 20 heavy (non-hydrogen) atoms. The minimum Gasteiger partial charge on any atom is -0.313 e. The van der Waals surface area contributed by atoms with Crippen LogP contribution in [-0.4, -0.2) is 16.3 Å². The van der Waals surface area contributed by atoms with E-state index in [9.17, 15) is 4.39 Å². The van der Waals surface area contributed by atoms with Crippen molar-refractivity contribution in [3.63, 3.8) is 0 Å². The van der Waals surface area contributed by atoms with Crippen LogP contribution < -0.4 is 5.32 Å². The molecule has 0 unspecified atom stereocenters. The van der Waals surface area contributed by atoms with Crippen molar-refractivity contribution in [3.8, 4) is 0 Å². The van der Waals surface area contributed by atoms with Crippen molar-refractivity contribution in [2.75, 3.05) is 6.54 Å². The SMILES string of the molecule is CCNCc1c(C)nn(Cc2ccc(Cl)c(F)c2)c1C. The van der Waals surface area contributed by atoms with Gasteiger partial charge in [0.2, 0.25) is 0 Å². The fraction of sp³-hybridized carbons (Fsp3) is 0.400. The van der Waals surface area contributed by atoms with Crippen LogP contribution in [0.3, 0.4) is 0 Å². The van der Waals surface area contributed by atoms with Gasteiger partial charge >= 0.3 is 0 Å². The maximum Gasteiger partial charge on any atom is 0.142 e. The lowest BCUT2D eigenvalue weighted by Gasteiger charge is -2.07. The molecule has 0 aliphatic heterocycles. The van der Waals surface area contributed by atoms with Crippen LogP contribution in [0.2, 0.25) is 5.02 Å². The van der Waals surface area contributed by atoms with Gasteiger partial charge in [0.25, 0.3) is 0 Å². The van der Waals surface area contributed by atoms with Crippen molar-refractivity contribution in [1.82, 2.24) is 15.1 Å². The molecule has 0 bridgehead atoms. The molecule has 2 rings (SSSR count). The highest BCUT2D eigenvalue weighted by Gasteiger charge is 2.11. The van der Waals surface area contributed by atoms with E-state index in [2.05, 4.69) is 17.3 Å². The standard InChI is InChI=1S/C15H19ClFN3/c1-4-18-8-13-10(2)19-20(11(13)3)9-12-5-6-14(16)15(17)7-12/h5-7,18H,4,8-9H2,1-3H3. The fourth-order valence-electron chi connectivity index (χ4n) is 2.20. The van der Waals surface area contributed by atoms with E-state index < -0.39 is 5.82 Å². The normalized spacial score (nSPS) is 11.1. The van der Waals surface area contributed by atoms with Crippen LogP contribution in [0.1, 0.15) is 29.4 Å². The van der Waals surface area contributed by atoms with Gasteiger partial charge in [0.1, 0.15) is 5.82 Å². The summed E-state index contributed by atoms with van der Waals surface area (Å²) in [6, 6.07) is 4.87. The molecule has 2 aromatic rings. The van der Waals surface area contributed by atoms with E-state index in [4.69, 9.17) is 11.6 Å². The topological polar surface area (TPSA) is 29.9 Å². The average molecular weight is 296 g/mol. The Bertz CT molecular complexity index is 607. The number of hydrogen-bond donors (Lipinski definition) is 1. The van der Waals surface area contributed by atoms with Crippen LogP contribution in [0.15, 0.2) is 18.2 Å². The summed E-state index contributed by atoms with van der Waals surface area (Å²) in [5.74, 6) is -0.390. The first kappa shape index (κ1) is 15.0. The molecule has 0 atom stereocenters. The quantitative estimate of drug-likeness (QED) is 0.915. The van der Waals surface area contributed by atoms with E-state index in [1.807, 2.05) is 24.6 Å². The van der Waals surface area contributed by atoms with Crippen molar-refractivity contribution >= 4 is 11.6 Å². The average Bonchev–Trinajstić information content (AvgIpc) is 2.67. The Morgan fingerprint density at radius 1 is 1.35 bits per heavy atom. The van der Waals surface area contributed by atoms with Gasteiger partial charge in [0.15, 0.2) is 0 Å². The largest absolute Gasteiger partial charge is 0.313 e. The third-order valence-corrected chi connectivity index (χ3v) is 3.71. The van der Waals surface area contributed by atoms with Crippen molar-refractivity contribution in [1.29, 1.82) is 0 Å². The Morgan fingerprint density at radius 2 is 2.10 bits per heavy atom. The van der Waals surface area contributed by atoms with Crippen LogP contribution in [0.4, 0.5) is 4.39 Å². The van der Waals surface area contributed by atoms with Gasteiger partial charge in [-0.05, 0) is 38.1 Å². The third kappa shape index (κ3) is 3.19. The number of nitrogens with zero attached hydrogens (tertiary/aromatic N) is 2. The maximum absolute atomic E-state index is 13.5. The van der Waals surface area contributed by atoms with Crippen LogP contribution >= 0.6 is 11.6 Å². The molecule has 1 heterocycles. The first-order valence-electron chi connectivity index (χ1n) is 6.70. The number of nitrogens with one attached hydrogen (secondary N) is 1. The van der Waals surface area contributed by atoms with E-state index in [0.717, 1.165) is 30.0 Å². The smallest absolute Gasteiger partial charge is 0.142 e. The predicted octanol–water partition coefficient (Wildman–Crippen LogP) is 3.45. The zero-order chi connectivity index (χ0) is 14.7. The molecule has 1 N–H and O–H groups in total. The van der Waals surface area contributed by atoms with Gasteiger partial charge in [-0.2, -0.15) is 5.10 Å². The number of benzene rings is 1. The summed E-state index contributed by atoms with van der Waals surface area (Å²) in [6.07, 6.45) is 0. The van der Waals surface area contributed by atoms with Gasteiger partial charge in [0.05, 0.1) is 17.3 Å². The summed E-state index contributed by atoms with van der Waals surface area (Å²) < 4.78 is 15.4. The highest BCUT2D eigenvalue weighted by Crippen LogP contribution is 2.18.